The van der Waals surface area contributed by atoms with Gasteiger partial charge < -0.3 is 10.4 Å². The molecule has 2 N–H and O–H groups in total. The summed E-state index contributed by atoms with van der Waals surface area (Å²) in [6.45, 7) is 4.43. The van der Waals surface area contributed by atoms with Gasteiger partial charge in [0.2, 0.25) is 5.91 Å². The summed E-state index contributed by atoms with van der Waals surface area (Å²) >= 11 is 5.92. The minimum absolute atomic E-state index is 0.0403. The minimum Gasteiger partial charge on any atom is -0.390 e. The summed E-state index contributed by atoms with van der Waals surface area (Å²) in [5.74, 6) is 0.0403. The topological polar surface area (TPSA) is 52.6 Å². The smallest absolute Gasteiger partial charge is 0.234 e. The van der Waals surface area contributed by atoms with Crippen LogP contribution in [-0.4, -0.2) is 47.7 Å². The van der Waals surface area contributed by atoms with E-state index in [-0.39, 0.29) is 5.91 Å². The molecule has 0 aromatic heterocycles. The highest BCUT2D eigenvalue weighted by atomic mass is 35.5. The van der Waals surface area contributed by atoms with E-state index in [4.69, 9.17) is 11.6 Å². The maximum atomic E-state index is 11.9. The maximum Gasteiger partial charge on any atom is 0.234 e. The average Bonchev–Trinajstić information content (AvgIpc) is 2.41. The minimum atomic E-state index is -0.570. The van der Waals surface area contributed by atoms with Gasteiger partial charge in [-0.2, -0.15) is 0 Å². The number of amides is 1. The third-order valence-corrected chi connectivity index (χ3v) is 4.16. The Bertz CT molecular complexity index is 481. The molecule has 21 heavy (non-hydrogen) atoms. The molecule has 1 amide bonds. The lowest BCUT2D eigenvalue weighted by Gasteiger charge is -2.35. The van der Waals surface area contributed by atoms with Gasteiger partial charge in [-0.15, -0.1) is 0 Å². The lowest BCUT2D eigenvalue weighted by molar-refractivity contribution is -0.123. The summed E-state index contributed by atoms with van der Waals surface area (Å²) in [5.41, 5.74) is 0.552. The Morgan fingerprint density at radius 3 is 2.81 bits per heavy atom. The monoisotopic (exact) mass is 310 g/mol. The predicted octanol–water partition coefficient (Wildman–Crippen LogP) is 1.85. The second-order valence-corrected chi connectivity index (χ2v) is 6.44. The number of nitrogens with one attached hydrogen (secondary N) is 1. The summed E-state index contributed by atoms with van der Waals surface area (Å²) < 4.78 is 0. The number of nitrogens with zero attached hydrogens (tertiary/aromatic N) is 1. The van der Waals surface area contributed by atoms with Crippen molar-refractivity contribution in [3.05, 3.63) is 34.9 Å². The van der Waals surface area contributed by atoms with Gasteiger partial charge in [-0.3, -0.25) is 9.69 Å². The number of aliphatic hydroxyl groups is 1. The summed E-state index contributed by atoms with van der Waals surface area (Å²) in [7, 11) is 0. The molecule has 0 unspecified atom stereocenters. The fourth-order valence-electron chi connectivity index (χ4n) is 2.49. The first-order valence-electron chi connectivity index (χ1n) is 7.40. The van der Waals surface area contributed by atoms with Gasteiger partial charge in [-0.1, -0.05) is 23.7 Å². The summed E-state index contributed by atoms with van der Waals surface area (Å²) in [5, 5.41) is 13.5. The van der Waals surface area contributed by atoms with E-state index in [1.54, 1.807) is 0 Å². The van der Waals surface area contributed by atoms with Crippen molar-refractivity contribution >= 4 is 17.5 Å². The van der Waals surface area contributed by atoms with E-state index in [1.165, 1.54) is 0 Å². The van der Waals surface area contributed by atoms with Crippen molar-refractivity contribution in [2.45, 2.75) is 31.8 Å². The van der Waals surface area contributed by atoms with Gasteiger partial charge in [-0.25, -0.2) is 0 Å². The molecule has 116 valence electrons. The molecule has 0 spiro atoms. The third kappa shape index (κ3) is 5.65. The van der Waals surface area contributed by atoms with Crippen LogP contribution >= 0.6 is 11.6 Å². The van der Waals surface area contributed by atoms with Crippen LogP contribution in [-0.2, 0) is 11.2 Å². The molecule has 5 heteroatoms. The maximum absolute atomic E-state index is 11.9. The van der Waals surface area contributed by atoms with E-state index in [0.717, 1.165) is 42.9 Å². The zero-order valence-corrected chi connectivity index (χ0v) is 13.2. The molecule has 1 fully saturated rings. The zero-order chi connectivity index (χ0) is 15.3. The lowest BCUT2D eigenvalue weighted by atomic mass is 9.94. The largest absolute Gasteiger partial charge is 0.390 e. The van der Waals surface area contributed by atoms with E-state index in [0.29, 0.717) is 13.1 Å². The number of benzene rings is 1. The van der Waals surface area contributed by atoms with E-state index in [9.17, 15) is 9.90 Å². The molecule has 0 bridgehead atoms. The van der Waals surface area contributed by atoms with Crippen molar-refractivity contribution in [1.29, 1.82) is 0 Å². The van der Waals surface area contributed by atoms with Crippen LogP contribution in [0.3, 0.4) is 0 Å². The molecule has 1 aliphatic heterocycles. The van der Waals surface area contributed by atoms with E-state index < -0.39 is 5.60 Å². The molecule has 2 rings (SSSR count). The fourth-order valence-corrected chi connectivity index (χ4v) is 2.70. The van der Waals surface area contributed by atoms with Crippen LogP contribution in [0, 0.1) is 0 Å². The number of hydrogen-bond acceptors (Lipinski definition) is 3. The molecular formula is C16H23ClN2O2. The highest BCUT2D eigenvalue weighted by molar-refractivity contribution is 6.30. The first-order valence-corrected chi connectivity index (χ1v) is 7.78. The van der Waals surface area contributed by atoms with Crippen LogP contribution in [0.1, 0.15) is 25.3 Å². The number of piperidine rings is 1. The van der Waals surface area contributed by atoms with Gasteiger partial charge in [-0.05, 0) is 43.9 Å². The van der Waals surface area contributed by atoms with E-state index >= 15 is 0 Å². The van der Waals surface area contributed by atoms with E-state index in [2.05, 4.69) is 10.2 Å². The van der Waals surface area contributed by atoms with Gasteiger partial charge in [0, 0.05) is 24.7 Å². The molecular weight excluding hydrogens is 288 g/mol. The van der Waals surface area contributed by atoms with Gasteiger partial charge in [0.15, 0.2) is 0 Å². The van der Waals surface area contributed by atoms with Crippen molar-refractivity contribution in [3.63, 3.8) is 0 Å². The molecule has 0 radical (unpaired) electrons. The van der Waals surface area contributed by atoms with Crippen LogP contribution < -0.4 is 5.32 Å². The molecule has 0 atom stereocenters. The Hall–Kier alpha value is -1.10. The number of halogens is 1. The van der Waals surface area contributed by atoms with Gasteiger partial charge in [0.1, 0.15) is 0 Å². The van der Waals surface area contributed by atoms with Gasteiger partial charge in [0.05, 0.1) is 12.1 Å². The van der Waals surface area contributed by atoms with Crippen LogP contribution in [0.5, 0.6) is 0 Å². The SMILES string of the molecule is CC1(O)CCN(CC(=O)NCCc2cccc(Cl)c2)CC1. The molecule has 1 heterocycles. The fraction of sp³-hybridized carbons (Fsp3) is 0.562. The Kier molecular flexibility index (Phi) is 5.62. The Morgan fingerprint density at radius 2 is 2.14 bits per heavy atom. The highest BCUT2D eigenvalue weighted by Crippen LogP contribution is 2.20. The highest BCUT2D eigenvalue weighted by Gasteiger charge is 2.27. The van der Waals surface area contributed by atoms with E-state index in [1.807, 2.05) is 31.2 Å². The second-order valence-electron chi connectivity index (χ2n) is 6.00. The van der Waals surface area contributed by atoms with Crippen molar-refractivity contribution in [3.8, 4) is 0 Å². The standard InChI is InChI=1S/C16H23ClN2O2/c1-16(21)6-9-19(10-7-16)12-15(20)18-8-5-13-3-2-4-14(17)11-13/h2-4,11,21H,5-10,12H2,1H3,(H,18,20). The predicted molar refractivity (Wildman–Crippen MR) is 84.5 cm³/mol. The first-order chi connectivity index (χ1) is 9.94. The molecule has 1 aromatic rings. The number of rotatable bonds is 5. The van der Waals surface area contributed by atoms with Gasteiger partial charge >= 0.3 is 0 Å². The average molecular weight is 311 g/mol. The van der Waals surface area contributed by atoms with Crippen molar-refractivity contribution in [2.75, 3.05) is 26.2 Å². The Morgan fingerprint density at radius 1 is 1.43 bits per heavy atom. The molecule has 1 aromatic carbocycles. The third-order valence-electron chi connectivity index (χ3n) is 3.93. The van der Waals surface area contributed by atoms with Crippen molar-refractivity contribution in [2.24, 2.45) is 0 Å². The number of carbonyl (C=O) groups is 1. The molecule has 0 aliphatic carbocycles. The zero-order valence-electron chi connectivity index (χ0n) is 12.4. The van der Waals surface area contributed by atoms with Crippen LogP contribution in [0.25, 0.3) is 0 Å². The normalized spacial score (nSPS) is 18.4. The summed E-state index contributed by atoms with van der Waals surface area (Å²) in [4.78, 5) is 14.0. The second kappa shape index (κ2) is 7.25. The number of hydrogen-bond donors (Lipinski definition) is 2. The quantitative estimate of drug-likeness (QED) is 0.872. The van der Waals surface area contributed by atoms with Crippen molar-refractivity contribution < 1.29 is 9.90 Å². The molecule has 4 nitrogen and oxygen atoms in total. The van der Waals surface area contributed by atoms with Crippen LogP contribution in [0.4, 0.5) is 0 Å². The molecule has 1 aliphatic rings. The van der Waals surface area contributed by atoms with Crippen molar-refractivity contribution in [1.82, 2.24) is 10.2 Å². The summed E-state index contributed by atoms with van der Waals surface area (Å²) in [6, 6.07) is 7.68. The van der Waals surface area contributed by atoms with Gasteiger partial charge in [0.25, 0.3) is 0 Å². The van der Waals surface area contributed by atoms with Crippen LogP contribution in [0.15, 0.2) is 24.3 Å². The first kappa shape index (κ1) is 16.3. The lowest BCUT2D eigenvalue weighted by Crippen LogP contribution is -2.46. The van der Waals surface area contributed by atoms with Crippen LogP contribution in [0.2, 0.25) is 5.02 Å². The Labute approximate surface area is 131 Å². The summed E-state index contributed by atoms with van der Waals surface area (Å²) in [6.07, 6.45) is 2.23. The number of carbonyl (C=O) groups excluding carboxylic acids is 1. The molecule has 0 saturated carbocycles. The molecule has 1 saturated heterocycles. The number of likely N-dealkylation sites (tertiary alicyclic amines) is 1. The Balaban J connectivity index is 1.66.